The third-order valence-electron chi connectivity index (χ3n) is 3.43. The van der Waals surface area contributed by atoms with Gasteiger partial charge in [-0.25, -0.2) is 4.98 Å². The van der Waals surface area contributed by atoms with Crippen LogP contribution >= 0.6 is 0 Å². The number of nitrogens with one attached hydrogen (secondary N) is 1. The normalized spacial score (nSPS) is 16.8. The molecule has 0 spiro atoms. The SMILES string of the molecule is CCNCc1cncn1CCCN1CCCC1. The zero-order valence-corrected chi connectivity index (χ0v) is 10.9. The second kappa shape index (κ2) is 6.77. The highest BCUT2D eigenvalue weighted by Gasteiger charge is 2.10. The van der Waals surface area contributed by atoms with Crippen molar-refractivity contribution in [1.82, 2.24) is 19.8 Å². The first kappa shape index (κ1) is 12.6. The largest absolute Gasteiger partial charge is 0.333 e. The van der Waals surface area contributed by atoms with E-state index in [0.29, 0.717) is 0 Å². The van der Waals surface area contributed by atoms with Crippen molar-refractivity contribution < 1.29 is 0 Å². The third-order valence-corrected chi connectivity index (χ3v) is 3.43. The van der Waals surface area contributed by atoms with Crippen molar-refractivity contribution >= 4 is 0 Å². The Balaban J connectivity index is 1.72. The van der Waals surface area contributed by atoms with Crippen LogP contribution in [0.15, 0.2) is 12.5 Å². The molecule has 4 nitrogen and oxygen atoms in total. The minimum Gasteiger partial charge on any atom is -0.333 e. The molecule has 0 radical (unpaired) electrons. The molecule has 0 aliphatic carbocycles. The molecule has 0 aromatic carbocycles. The van der Waals surface area contributed by atoms with Gasteiger partial charge in [0.25, 0.3) is 0 Å². The number of likely N-dealkylation sites (tertiary alicyclic amines) is 1. The number of aromatic nitrogens is 2. The summed E-state index contributed by atoms with van der Waals surface area (Å²) in [4.78, 5) is 6.81. The summed E-state index contributed by atoms with van der Waals surface area (Å²) < 4.78 is 2.28. The third kappa shape index (κ3) is 3.82. The van der Waals surface area contributed by atoms with E-state index in [1.807, 2.05) is 12.5 Å². The van der Waals surface area contributed by atoms with Crippen LogP contribution in [0.1, 0.15) is 31.9 Å². The van der Waals surface area contributed by atoms with Crippen molar-refractivity contribution in [3.8, 4) is 0 Å². The Bertz CT molecular complexity index is 315. The van der Waals surface area contributed by atoms with Gasteiger partial charge in [-0.1, -0.05) is 6.92 Å². The monoisotopic (exact) mass is 236 g/mol. The van der Waals surface area contributed by atoms with E-state index < -0.39 is 0 Å². The van der Waals surface area contributed by atoms with Gasteiger partial charge in [0, 0.05) is 19.3 Å². The predicted octanol–water partition coefficient (Wildman–Crippen LogP) is 1.48. The number of imidazole rings is 1. The smallest absolute Gasteiger partial charge is 0.0948 e. The van der Waals surface area contributed by atoms with Gasteiger partial charge in [-0.3, -0.25) is 0 Å². The molecule has 1 aliphatic rings. The summed E-state index contributed by atoms with van der Waals surface area (Å²) in [5.41, 5.74) is 1.30. The van der Waals surface area contributed by atoms with Crippen molar-refractivity contribution in [3.63, 3.8) is 0 Å². The Morgan fingerprint density at radius 1 is 1.29 bits per heavy atom. The molecule has 96 valence electrons. The molecular formula is C13H24N4. The standard InChI is InChI=1S/C13H24N4/c1-2-14-10-13-11-15-12-17(13)9-5-8-16-6-3-4-7-16/h11-12,14H,2-10H2,1H3. The lowest BCUT2D eigenvalue weighted by Gasteiger charge is -2.15. The Labute approximate surface area is 104 Å². The number of hydrogen-bond acceptors (Lipinski definition) is 3. The maximum absolute atomic E-state index is 4.23. The highest BCUT2D eigenvalue weighted by Crippen LogP contribution is 2.08. The number of nitrogens with zero attached hydrogens (tertiary/aromatic N) is 3. The highest BCUT2D eigenvalue weighted by atomic mass is 15.1. The van der Waals surface area contributed by atoms with E-state index in [2.05, 4.69) is 26.7 Å². The van der Waals surface area contributed by atoms with Crippen LogP contribution in [-0.2, 0) is 13.1 Å². The molecule has 0 atom stereocenters. The first-order chi connectivity index (χ1) is 8.40. The Morgan fingerprint density at radius 3 is 2.88 bits per heavy atom. The van der Waals surface area contributed by atoms with Gasteiger partial charge in [-0.15, -0.1) is 0 Å². The summed E-state index contributed by atoms with van der Waals surface area (Å²) in [5.74, 6) is 0. The molecule has 1 saturated heterocycles. The molecule has 0 unspecified atom stereocenters. The molecule has 0 saturated carbocycles. The van der Waals surface area contributed by atoms with Crippen LogP contribution < -0.4 is 5.32 Å². The molecule has 1 fully saturated rings. The van der Waals surface area contributed by atoms with E-state index >= 15 is 0 Å². The molecule has 2 rings (SSSR count). The molecule has 1 aromatic rings. The lowest BCUT2D eigenvalue weighted by Crippen LogP contribution is -2.22. The average molecular weight is 236 g/mol. The zero-order valence-electron chi connectivity index (χ0n) is 10.9. The van der Waals surface area contributed by atoms with Crippen molar-refractivity contribution in [2.24, 2.45) is 0 Å². The summed E-state index contributed by atoms with van der Waals surface area (Å²) in [7, 11) is 0. The van der Waals surface area contributed by atoms with Crippen LogP contribution in [0.2, 0.25) is 0 Å². The lowest BCUT2D eigenvalue weighted by molar-refractivity contribution is 0.324. The van der Waals surface area contributed by atoms with Gasteiger partial charge in [0.15, 0.2) is 0 Å². The van der Waals surface area contributed by atoms with E-state index in [0.717, 1.165) is 19.6 Å². The minimum absolute atomic E-state index is 0.931. The maximum atomic E-state index is 4.23. The second-order valence-corrected chi connectivity index (χ2v) is 4.76. The van der Waals surface area contributed by atoms with Gasteiger partial charge in [0.05, 0.1) is 12.0 Å². The van der Waals surface area contributed by atoms with Crippen LogP contribution in [0.3, 0.4) is 0 Å². The second-order valence-electron chi connectivity index (χ2n) is 4.76. The molecule has 0 amide bonds. The summed E-state index contributed by atoms with van der Waals surface area (Å²) in [5, 5.41) is 3.35. The molecule has 4 heteroatoms. The number of rotatable bonds is 7. The van der Waals surface area contributed by atoms with Crippen molar-refractivity contribution in [2.75, 3.05) is 26.2 Å². The van der Waals surface area contributed by atoms with E-state index in [1.54, 1.807) is 0 Å². The average Bonchev–Trinajstić information content (AvgIpc) is 2.98. The Hall–Kier alpha value is -0.870. The fraction of sp³-hybridized carbons (Fsp3) is 0.769. The zero-order chi connectivity index (χ0) is 11.9. The van der Waals surface area contributed by atoms with E-state index in [4.69, 9.17) is 0 Å². The number of aryl methyl sites for hydroxylation is 1. The number of hydrogen-bond donors (Lipinski definition) is 1. The predicted molar refractivity (Wildman–Crippen MR) is 69.9 cm³/mol. The summed E-state index contributed by atoms with van der Waals surface area (Å²) in [6.45, 7) is 9.01. The van der Waals surface area contributed by atoms with Gasteiger partial charge in [0.2, 0.25) is 0 Å². The van der Waals surface area contributed by atoms with Gasteiger partial charge in [-0.2, -0.15) is 0 Å². The first-order valence-electron chi connectivity index (χ1n) is 6.82. The van der Waals surface area contributed by atoms with Gasteiger partial charge >= 0.3 is 0 Å². The van der Waals surface area contributed by atoms with Crippen molar-refractivity contribution in [3.05, 3.63) is 18.2 Å². The Kier molecular flexibility index (Phi) is 5.01. The van der Waals surface area contributed by atoms with Gasteiger partial charge in [-0.05, 0) is 45.4 Å². The molecular weight excluding hydrogens is 212 g/mol. The molecule has 2 heterocycles. The Morgan fingerprint density at radius 2 is 2.12 bits per heavy atom. The molecule has 0 bridgehead atoms. The van der Waals surface area contributed by atoms with Crippen LogP contribution in [0.5, 0.6) is 0 Å². The van der Waals surface area contributed by atoms with E-state index in [9.17, 15) is 0 Å². The highest BCUT2D eigenvalue weighted by molar-refractivity contribution is 4.97. The molecule has 17 heavy (non-hydrogen) atoms. The first-order valence-corrected chi connectivity index (χ1v) is 6.82. The quantitative estimate of drug-likeness (QED) is 0.778. The van der Waals surface area contributed by atoms with Gasteiger partial charge in [0.1, 0.15) is 0 Å². The fourth-order valence-electron chi connectivity index (χ4n) is 2.42. The van der Waals surface area contributed by atoms with Crippen molar-refractivity contribution in [1.29, 1.82) is 0 Å². The van der Waals surface area contributed by atoms with Crippen LogP contribution in [0.25, 0.3) is 0 Å². The van der Waals surface area contributed by atoms with Crippen LogP contribution in [-0.4, -0.2) is 40.6 Å². The molecule has 1 aliphatic heterocycles. The van der Waals surface area contributed by atoms with E-state index in [1.165, 1.54) is 44.6 Å². The molecule has 1 aromatic heterocycles. The molecule has 1 N–H and O–H groups in total. The topological polar surface area (TPSA) is 33.1 Å². The summed E-state index contributed by atoms with van der Waals surface area (Å²) in [6.07, 6.45) is 7.93. The van der Waals surface area contributed by atoms with Gasteiger partial charge < -0.3 is 14.8 Å². The van der Waals surface area contributed by atoms with E-state index in [-0.39, 0.29) is 0 Å². The van der Waals surface area contributed by atoms with Crippen molar-refractivity contribution in [2.45, 2.75) is 39.3 Å². The lowest BCUT2D eigenvalue weighted by atomic mass is 10.3. The van der Waals surface area contributed by atoms with Crippen LogP contribution in [0, 0.1) is 0 Å². The maximum Gasteiger partial charge on any atom is 0.0948 e. The van der Waals surface area contributed by atoms with Crippen LogP contribution in [0.4, 0.5) is 0 Å². The summed E-state index contributed by atoms with van der Waals surface area (Å²) in [6, 6.07) is 0. The fourth-order valence-corrected chi connectivity index (χ4v) is 2.42. The minimum atomic E-state index is 0.931. The summed E-state index contributed by atoms with van der Waals surface area (Å²) >= 11 is 0.